The molecular weight excluding hydrogens is 510 g/mol. The maximum absolute atomic E-state index is 13.6. The van der Waals surface area contributed by atoms with Crippen LogP contribution >= 0.6 is 0 Å². The molecule has 0 radical (unpaired) electrons. The van der Waals surface area contributed by atoms with Crippen molar-refractivity contribution in [3.63, 3.8) is 0 Å². The Balaban J connectivity index is 2.01. The van der Waals surface area contributed by atoms with E-state index in [9.17, 15) is 44.8 Å². The van der Waals surface area contributed by atoms with Gasteiger partial charge < -0.3 is 10.2 Å². The van der Waals surface area contributed by atoms with Crippen molar-refractivity contribution < 1.29 is 34.4 Å². The van der Waals surface area contributed by atoms with Gasteiger partial charge in [0.1, 0.15) is 11.8 Å². The van der Waals surface area contributed by atoms with E-state index >= 15 is 0 Å². The summed E-state index contributed by atoms with van der Waals surface area (Å²) in [4.78, 5) is 61.8. The molecule has 4 rings (SSSR count). The molecule has 39 heavy (non-hydrogen) atoms. The number of piperidine rings is 1. The van der Waals surface area contributed by atoms with E-state index in [1.807, 2.05) is 6.92 Å². The van der Waals surface area contributed by atoms with E-state index in [0.29, 0.717) is 5.56 Å². The molecule has 1 saturated heterocycles. The van der Waals surface area contributed by atoms with E-state index in [-0.39, 0.29) is 29.0 Å². The van der Waals surface area contributed by atoms with Crippen LogP contribution in [-0.2, 0) is 20.9 Å². The average Bonchev–Trinajstić information content (AvgIpc) is 2.89. The van der Waals surface area contributed by atoms with Gasteiger partial charge in [0.05, 0.1) is 21.9 Å². The normalized spacial score (nSPS) is 21.3. The van der Waals surface area contributed by atoms with Crippen LogP contribution in [0.1, 0.15) is 34.3 Å². The summed E-state index contributed by atoms with van der Waals surface area (Å²) < 4.78 is 0. The SMILES string of the molecule is Cc1ccc(CN2[C@H](c3cccc([N+](=O)[O-])c3)C(C(=O)O)C(=O)C(C(=O)O)[C@@H]2c2cccc([N+](=O)[O-])c2)cc1. The molecule has 0 aliphatic carbocycles. The van der Waals surface area contributed by atoms with Crippen LogP contribution in [0.4, 0.5) is 11.4 Å². The Kier molecular flexibility index (Phi) is 7.49. The fourth-order valence-corrected chi connectivity index (χ4v) is 5.09. The number of carboxylic acids is 2. The van der Waals surface area contributed by atoms with Crippen LogP contribution in [0.25, 0.3) is 0 Å². The number of nitro benzene ring substituents is 2. The highest BCUT2D eigenvalue weighted by Gasteiger charge is 2.55. The maximum Gasteiger partial charge on any atom is 0.316 e. The lowest BCUT2D eigenvalue weighted by atomic mass is 9.72. The number of nitrogens with zero attached hydrogens (tertiary/aromatic N) is 3. The molecule has 0 spiro atoms. The van der Waals surface area contributed by atoms with Crippen molar-refractivity contribution in [2.45, 2.75) is 25.6 Å². The van der Waals surface area contributed by atoms with Gasteiger partial charge >= 0.3 is 11.9 Å². The Bertz CT molecular complexity index is 1390. The largest absolute Gasteiger partial charge is 0.481 e. The summed E-state index contributed by atoms with van der Waals surface area (Å²) in [5, 5.41) is 43.3. The second-order valence-corrected chi connectivity index (χ2v) is 9.29. The number of likely N-dealkylation sites (tertiary alicyclic amines) is 1. The van der Waals surface area contributed by atoms with Crippen molar-refractivity contribution in [2.24, 2.45) is 11.8 Å². The summed E-state index contributed by atoms with van der Waals surface area (Å²) in [6.45, 7) is 1.81. The van der Waals surface area contributed by atoms with Crippen LogP contribution in [0.15, 0.2) is 72.8 Å². The Morgan fingerprint density at radius 3 is 1.62 bits per heavy atom. The number of carbonyl (C=O) groups is 3. The number of rotatable bonds is 8. The molecule has 3 aromatic rings. The van der Waals surface area contributed by atoms with Crippen LogP contribution in [-0.4, -0.2) is 42.7 Å². The van der Waals surface area contributed by atoms with Crippen LogP contribution in [0.5, 0.6) is 0 Å². The highest BCUT2D eigenvalue weighted by atomic mass is 16.6. The molecule has 200 valence electrons. The number of benzene rings is 3. The number of aliphatic carboxylic acids is 2. The zero-order valence-electron chi connectivity index (χ0n) is 20.5. The molecule has 3 aromatic carbocycles. The van der Waals surface area contributed by atoms with E-state index in [2.05, 4.69) is 0 Å². The van der Waals surface area contributed by atoms with Crippen molar-refractivity contribution >= 4 is 29.1 Å². The van der Waals surface area contributed by atoms with Crippen LogP contribution in [0.2, 0.25) is 0 Å². The first-order valence-electron chi connectivity index (χ1n) is 11.8. The highest BCUT2D eigenvalue weighted by molar-refractivity contribution is 6.09. The molecule has 1 fully saturated rings. The zero-order chi connectivity index (χ0) is 28.4. The van der Waals surface area contributed by atoms with E-state index in [4.69, 9.17) is 0 Å². The van der Waals surface area contributed by atoms with Gasteiger partial charge in [-0.15, -0.1) is 0 Å². The number of nitro groups is 2. The van der Waals surface area contributed by atoms with Gasteiger partial charge in [-0.3, -0.25) is 39.5 Å². The lowest BCUT2D eigenvalue weighted by Gasteiger charge is -2.47. The Hall–Kier alpha value is -4.97. The minimum atomic E-state index is -1.88. The Labute approximate surface area is 221 Å². The smallest absolute Gasteiger partial charge is 0.316 e. The first-order chi connectivity index (χ1) is 18.5. The fraction of sp³-hybridized carbons (Fsp3) is 0.222. The standard InChI is InChI=1S/C27H23N3O9/c1-15-8-10-16(11-9-15)14-28-23(17-4-2-6-19(12-17)29(36)37)21(26(32)33)25(31)22(27(34)35)24(28)18-5-3-7-20(13-18)30(38)39/h2-13,21-24H,14H2,1H3,(H,32,33)(H,34,35)/t21?,22?,23-,24+. The second-order valence-electron chi connectivity index (χ2n) is 9.29. The van der Waals surface area contributed by atoms with E-state index < -0.39 is 51.5 Å². The number of aryl methyl sites for hydroxylation is 1. The van der Waals surface area contributed by atoms with E-state index in [1.54, 1.807) is 24.3 Å². The fourth-order valence-electron chi connectivity index (χ4n) is 5.09. The third-order valence-corrected chi connectivity index (χ3v) is 6.82. The summed E-state index contributed by atoms with van der Waals surface area (Å²) in [6.07, 6.45) is 0. The quantitative estimate of drug-likeness (QED) is 0.243. The van der Waals surface area contributed by atoms with Gasteiger partial charge in [0.15, 0.2) is 5.78 Å². The van der Waals surface area contributed by atoms with Crippen molar-refractivity contribution in [1.29, 1.82) is 0 Å². The number of carbonyl (C=O) groups excluding carboxylic acids is 1. The summed E-state index contributed by atoms with van der Waals surface area (Å²) in [6, 6.07) is 14.8. The van der Waals surface area contributed by atoms with Crippen molar-refractivity contribution in [3.05, 3.63) is 115 Å². The predicted molar refractivity (Wildman–Crippen MR) is 136 cm³/mol. The molecule has 0 saturated carbocycles. The summed E-state index contributed by atoms with van der Waals surface area (Å²) in [5.74, 6) is -8.05. The van der Waals surface area contributed by atoms with Gasteiger partial charge in [-0.25, -0.2) is 0 Å². The van der Waals surface area contributed by atoms with Gasteiger partial charge in [0.2, 0.25) is 0 Å². The predicted octanol–water partition coefficient (Wildman–Crippen LogP) is 4.08. The number of ketones is 1. The topological polar surface area (TPSA) is 181 Å². The number of hydrogen-bond acceptors (Lipinski definition) is 8. The lowest BCUT2D eigenvalue weighted by molar-refractivity contribution is -0.385. The molecule has 1 aliphatic heterocycles. The lowest BCUT2D eigenvalue weighted by Crippen LogP contribution is -2.55. The molecule has 4 atom stereocenters. The second kappa shape index (κ2) is 10.8. The molecule has 2 N–H and O–H groups in total. The monoisotopic (exact) mass is 533 g/mol. The maximum atomic E-state index is 13.6. The molecule has 2 unspecified atom stereocenters. The van der Waals surface area contributed by atoms with Gasteiger partial charge in [0, 0.05) is 30.8 Å². The number of carboxylic acid groups (broad SMARTS) is 2. The Morgan fingerprint density at radius 2 is 1.23 bits per heavy atom. The minimum Gasteiger partial charge on any atom is -0.481 e. The Morgan fingerprint density at radius 1 is 0.795 bits per heavy atom. The van der Waals surface area contributed by atoms with Gasteiger partial charge in [0.25, 0.3) is 11.4 Å². The number of Topliss-reactive ketones (excluding diaryl/α,β-unsaturated/α-hetero) is 1. The summed E-state index contributed by atoms with van der Waals surface area (Å²) in [5.41, 5.74) is 1.14. The third kappa shape index (κ3) is 5.36. The number of hydrogen-bond donors (Lipinski definition) is 2. The molecule has 1 aliphatic rings. The van der Waals surface area contributed by atoms with Crippen molar-refractivity contribution in [1.82, 2.24) is 4.90 Å². The minimum absolute atomic E-state index is 0.0537. The molecule has 12 heteroatoms. The zero-order valence-corrected chi connectivity index (χ0v) is 20.5. The van der Waals surface area contributed by atoms with Gasteiger partial charge in [-0.2, -0.15) is 0 Å². The molecule has 12 nitrogen and oxygen atoms in total. The van der Waals surface area contributed by atoms with Crippen LogP contribution in [0.3, 0.4) is 0 Å². The number of non-ortho nitro benzene ring substituents is 2. The van der Waals surface area contributed by atoms with Gasteiger partial charge in [-0.1, -0.05) is 54.1 Å². The summed E-state index contributed by atoms with van der Waals surface area (Å²) >= 11 is 0. The first kappa shape index (κ1) is 27.1. The average molecular weight is 533 g/mol. The highest BCUT2D eigenvalue weighted by Crippen LogP contribution is 2.48. The van der Waals surface area contributed by atoms with E-state index in [1.165, 1.54) is 41.3 Å². The molecule has 0 amide bonds. The van der Waals surface area contributed by atoms with E-state index in [0.717, 1.165) is 17.7 Å². The van der Waals surface area contributed by atoms with Crippen molar-refractivity contribution in [3.8, 4) is 0 Å². The molecular formula is C27H23N3O9. The van der Waals surface area contributed by atoms with Crippen molar-refractivity contribution in [2.75, 3.05) is 0 Å². The van der Waals surface area contributed by atoms with Gasteiger partial charge in [-0.05, 0) is 23.6 Å². The third-order valence-electron chi connectivity index (χ3n) is 6.82. The summed E-state index contributed by atoms with van der Waals surface area (Å²) in [7, 11) is 0. The van der Waals surface area contributed by atoms with Crippen LogP contribution < -0.4 is 0 Å². The first-order valence-corrected chi connectivity index (χ1v) is 11.8. The van der Waals surface area contributed by atoms with Crippen LogP contribution in [0, 0.1) is 39.0 Å². The molecule has 0 bridgehead atoms. The molecule has 1 heterocycles. The molecule has 0 aromatic heterocycles.